The minimum Gasteiger partial charge on any atom is -0.393 e. The molecule has 0 spiro atoms. The van der Waals surface area contributed by atoms with E-state index >= 15 is 0 Å². The van der Waals surface area contributed by atoms with Crippen molar-refractivity contribution < 1.29 is 0 Å². The molecule has 0 radical (unpaired) electrons. The van der Waals surface area contributed by atoms with Crippen molar-refractivity contribution >= 4 is 50.5 Å². The maximum atomic E-state index is 5.63. The lowest BCUT2D eigenvalue weighted by molar-refractivity contribution is 1.02. The number of rotatable bonds is 4. The van der Waals surface area contributed by atoms with E-state index in [2.05, 4.69) is 46.5 Å². The predicted octanol–water partition coefficient (Wildman–Crippen LogP) is 4.35. The van der Waals surface area contributed by atoms with Crippen molar-refractivity contribution in [3.8, 4) is 11.1 Å². The third-order valence-corrected chi connectivity index (χ3v) is 5.45. The van der Waals surface area contributed by atoms with Gasteiger partial charge in [0.1, 0.15) is 15.7 Å². The summed E-state index contributed by atoms with van der Waals surface area (Å²) < 4.78 is 0. The zero-order chi connectivity index (χ0) is 15.7. The van der Waals surface area contributed by atoms with E-state index in [9.17, 15) is 0 Å². The van der Waals surface area contributed by atoms with Crippen LogP contribution in [0.25, 0.3) is 21.3 Å². The quantitative estimate of drug-likeness (QED) is 0.433. The van der Waals surface area contributed by atoms with Gasteiger partial charge in [-0.3, -0.25) is 0 Å². The van der Waals surface area contributed by atoms with Gasteiger partial charge in [0, 0.05) is 16.7 Å². The summed E-state index contributed by atoms with van der Waals surface area (Å²) in [6, 6.07) is 8.52. The van der Waals surface area contributed by atoms with E-state index in [4.69, 9.17) is 18.0 Å². The predicted molar refractivity (Wildman–Crippen MR) is 99.8 cm³/mol. The number of nitrogens with two attached hydrogens (primary N) is 1. The van der Waals surface area contributed by atoms with Crippen molar-refractivity contribution in [3.05, 3.63) is 41.0 Å². The second kappa shape index (κ2) is 6.32. The van der Waals surface area contributed by atoms with Crippen LogP contribution in [0.1, 0.15) is 11.4 Å². The van der Waals surface area contributed by atoms with Crippen LogP contribution in [0, 0.1) is 13.8 Å². The number of thiocarbonyl (C=S) groups is 1. The second-order valence-electron chi connectivity index (χ2n) is 5.03. The Morgan fingerprint density at radius 2 is 1.95 bits per heavy atom. The van der Waals surface area contributed by atoms with Gasteiger partial charge in [-0.05, 0) is 19.4 Å². The molecule has 0 fully saturated rings. The van der Waals surface area contributed by atoms with Crippen molar-refractivity contribution in [2.45, 2.75) is 18.9 Å². The molecule has 2 N–H and O–H groups in total. The fourth-order valence-electron chi connectivity index (χ4n) is 2.20. The van der Waals surface area contributed by atoms with Crippen LogP contribution in [0.15, 0.2) is 34.7 Å². The highest BCUT2D eigenvalue weighted by molar-refractivity contribution is 8.01. The van der Waals surface area contributed by atoms with Crippen molar-refractivity contribution in [2.24, 2.45) is 5.73 Å². The number of benzene rings is 1. The first-order valence-electron chi connectivity index (χ1n) is 6.78. The standard InChI is InChI=1S/C16H15N3S3/c1-9-3-5-11(6-4-9)12-7-21-15-14(12)16(19-10(2)18-15)22-8-13(17)20/h3-7H,8H2,1-2H3,(H2,17,20). The molecule has 0 bridgehead atoms. The zero-order valence-electron chi connectivity index (χ0n) is 12.3. The van der Waals surface area contributed by atoms with Gasteiger partial charge in [-0.1, -0.05) is 53.8 Å². The van der Waals surface area contributed by atoms with E-state index in [1.54, 1.807) is 23.1 Å². The molecular weight excluding hydrogens is 330 g/mol. The number of hydrogen-bond acceptors (Lipinski definition) is 5. The summed E-state index contributed by atoms with van der Waals surface area (Å²) in [6.45, 7) is 4.00. The molecular formula is C16H15N3S3. The highest BCUT2D eigenvalue weighted by atomic mass is 32.2. The van der Waals surface area contributed by atoms with Gasteiger partial charge >= 0.3 is 0 Å². The van der Waals surface area contributed by atoms with Crippen molar-refractivity contribution in [1.29, 1.82) is 0 Å². The Bertz CT molecular complexity index is 838. The number of aromatic nitrogens is 2. The molecule has 112 valence electrons. The maximum absolute atomic E-state index is 5.63. The minimum absolute atomic E-state index is 0.488. The van der Waals surface area contributed by atoms with Crippen LogP contribution >= 0.6 is 35.3 Å². The van der Waals surface area contributed by atoms with Crippen LogP contribution in [0.5, 0.6) is 0 Å². The normalized spacial score (nSPS) is 11.0. The van der Waals surface area contributed by atoms with E-state index in [1.165, 1.54) is 16.7 Å². The highest BCUT2D eigenvalue weighted by Gasteiger charge is 2.15. The van der Waals surface area contributed by atoms with E-state index in [0.717, 1.165) is 21.1 Å². The lowest BCUT2D eigenvalue weighted by Crippen LogP contribution is -2.10. The van der Waals surface area contributed by atoms with Gasteiger partial charge in [-0.15, -0.1) is 11.3 Å². The number of thiophene rings is 1. The fraction of sp³-hybridized carbons (Fsp3) is 0.188. The Morgan fingerprint density at radius 1 is 1.23 bits per heavy atom. The lowest BCUT2D eigenvalue weighted by Gasteiger charge is -2.06. The average Bonchev–Trinajstić information content (AvgIpc) is 2.89. The summed E-state index contributed by atoms with van der Waals surface area (Å²) in [5.41, 5.74) is 9.24. The fourth-order valence-corrected chi connectivity index (χ4v) is 4.26. The molecule has 0 saturated heterocycles. The van der Waals surface area contributed by atoms with E-state index in [-0.39, 0.29) is 0 Å². The minimum atomic E-state index is 0.488. The van der Waals surface area contributed by atoms with Crippen molar-refractivity contribution in [2.75, 3.05) is 5.75 Å². The van der Waals surface area contributed by atoms with Crippen LogP contribution in [0.3, 0.4) is 0 Å². The third kappa shape index (κ3) is 3.14. The number of hydrogen-bond donors (Lipinski definition) is 1. The third-order valence-electron chi connectivity index (χ3n) is 3.23. The smallest absolute Gasteiger partial charge is 0.128 e. The van der Waals surface area contributed by atoms with Gasteiger partial charge in [0.25, 0.3) is 0 Å². The molecule has 6 heteroatoms. The molecule has 0 aliphatic carbocycles. The summed E-state index contributed by atoms with van der Waals surface area (Å²) in [5, 5.41) is 4.20. The molecule has 2 heterocycles. The van der Waals surface area contributed by atoms with Gasteiger partial charge in [0.2, 0.25) is 0 Å². The Morgan fingerprint density at radius 3 is 2.64 bits per heavy atom. The SMILES string of the molecule is Cc1ccc(-c2csc3nc(C)nc(SCC(N)=S)c23)cc1. The first kappa shape index (κ1) is 15.4. The van der Waals surface area contributed by atoms with Gasteiger partial charge in [-0.25, -0.2) is 9.97 Å². The molecule has 0 saturated carbocycles. The summed E-state index contributed by atoms with van der Waals surface area (Å²) in [6.07, 6.45) is 0. The molecule has 0 unspecified atom stereocenters. The Hall–Kier alpha value is -1.50. The molecule has 3 nitrogen and oxygen atoms in total. The van der Waals surface area contributed by atoms with Crippen LogP contribution in [0.2, 0.25) is 0 Å². The van der Waals surface area contributed by atoms with Gasteiger partial charge in [0.15, 0.2) is 0 Å². The molecule has 1 aromatic carbocycles. The molecule has 0 aliphatic rings. The highest BCUT2D eigenvalue weighted by Crippen LogP contribution is 2.38. The molecule has 22 heavy (non-hydrogen) atoms. The Labute approximate surface area is 143 Å². The zero-order valence-corrected chi connectivity index (χ0v) is 14.7. The number of aryl methyl sites for hydroxylation is 2. The Kier molecular flexibility index (Phi) is 4.42. The number of thioether (sulfide) groups is 1. The van der Waals surface area contributed by atoms with Gasteiger partial charge in [-0.2, -0.15) is 0 Å². The summed E-state index contributed by atoms with van der Waals surface area (Å²) in [4.78, 5) is 10.6. The van der Waals surface area contributed by atoms with Gasteiger partial charge in [0.05, 0.1) is 10.4 Å². The molecule has 2 aromatic heterocycles. The Balaban J connectivity index is 2.15. The largest absolute Gasteiger partial charge is 0.393 e. The van der Waals surface area contributed by atoms with Crippen LogP contribution in [0.4, 0.5) is 0 Å². The van der Waals surface area contributed by atoms with E-state index < -0.39 is 0 Å². The average molecular weight is 346 g/mol. The lowest BCUT2D eigenvalue weighted by atomic mass is 10.1. The summed E-state index contributed by atoms with van der Waals surface area (Å²) in [7, 11) is 0. The topological polar surface area (TPSA) is 51.8 Å². The van der Waals surface area contributed by atoms with Crippen molar-refractivity contribution in [1.82, 2.24) is 9.97 Å². The summed E-state index contributed by atoms with van der Waals surface area (Å²) in [5.74, 6) is 1.36. The maximum Gasteiger partial charge on any atom is 0.128 e. The molecule has 0 amide bonds. The molecule has 0 atom stereocenters. The van der Waals surface area contributed by atoms with E-state index in [1.807, 2.05) is 6.92 Å². The summed E-state index contributed by atoms with van der Waals surface area (Å²) >= 11 is 8.21. The molecule has 3 rings (SSSR count). The number of fused-ring (bicyclic) bond motifs is 1. The van der Waals surface area contributed by atoms with Crippen molar-refractivity contribution in [3.63, 3.8) is 0 Å². The number of nitrogens with zero attached hydrogens (tertiary/aromatic N) is 2. The second-order valence-corrected chi connectivity index (χ2v) is 7.37. The van der Waals surface area contributed by atoms with Crippen LogP contribution in [-0.4, -0.2) is 20.7 Å². The first-order chi connectivity index (χ1) is 10.5. The van der Waals surface area contributed by atoms with Crippen LogP contribution in [-0.2, 0) is 0 Å². The molecule has 0 aliphatic heterocycles. The molecule has 3 aromatic rings. The first-order valence-corrected chi connectivity index (χ1v) is 9.06. The van der Waals surface area contributed by atoms with E-state index in [0.29, 0.717) is 10.7 Å². The van der Waals surface area contributed by atoms with Gasteiger partial charge < -0.3 is 5.73 Å². The monoisotopic (exact) mass is 345 g/mol. The van der Waals surface area contributed by atoms with Crippen LogP contribution < -0.4 is 5.73 Å².